The van der Waals surface area contributed by atoms with Gasteiger partial charge < -0.3 is 37.9 Å². The first-order valence-electron chi connectivity index (χ1n) is 10.3. The molecule has 1 rings (SSSR count). The average molecular weight is 499 g/mol. The molecule has 1 aliphatic rings. The molecule has 13 heteroatoms. The zero-order valence-corrected chi connectivity index (χ0v) is 19.9. The first kappa shape index (κ1) is 29.0. The monoisotopic (exact) mass is 498 g/mol. The van der Waals surface area contributed by atoms with Crippen LogP contribution in [0.15, 0.2) is 0 Å². The topological polar surface area (TPSA) is 142 Å². The number of rotatable bonds is 14. The Morgan fingerprint density at radius 2 is 1.21 bits per heavy atom. The number of carbonyl (C=O) groups excluding carboxylic acids is 4. The third-order valence-corrected chi connectivity index (χ3v) is 4.21. The molecule has 0 aromatic rings. The lowest BCUT2D eigenvalue weighted by Gasteiger charge is -2.44. The standard InChI is InChI=1S/C20H31ClO12/c1-12(22)29-11-16-17(30-13(2)23)18(31-14(3)24)19(32-15(4)25)20(33-16)28-10-9-27-8-7-26-6-5-21/h16-20H,5-11H2,1-4H3/t16-,17-,18+,19-,20-/m1/s1. The largest absolute Gasteiger partial charge is 0.463 e. The van der Waals surface area contributed by atoms with Crippen LogP contribution in [0, 0.1) is 0 Å². The van der Waals surface area contributed by atoms with E-state index in [1.807, 2.05) is 0 Å². The smallest absolute Gasteiger partial charge is 0.303 e. The fraction of sp³-hybridized carbons (Fsp3) is 0.800. The molecule has 0 unspecified atom stereocenters. The second kappa shape index (κ2) is 15.8. The lowest BCUT2D eigenvalue weighted by molar-refractivity contribution is -0.309. The molecule has 5 atom stereocenters. The van der Waals surface area contributed by atoms with Gasteiger partial charge in [-0.15, -0.1) is 11.6 Å². The second-order valence-electron chi connectivity index (χ2n) is 6.85. The molecule has 1 fully saturated rings. The Balaban J connectivity index is 2.95. The van der Waals surface area contributed by atoms with Crippen molar-refractivity contribution in [3.8, 4) is 0 Å². The van der Waals surface area contributed by atoms with Gasteiger partial charge in [-0.25, -0.2) is 0 Å². The molecule has 0 aromatic heterocycles. The zero-order chi connectivity index (χ0) is 24.8. The summed E-state index contributed by atoms with van der Waals surface area (Å²) in [6.45, 7) is 5.53. The van der Waals surface area contributed by atoms with E-state index in [4.69, 9.17) is 49.5 Å². The Kier molecular flexibility index (Phi) is 13.9. The molecule has 1 aliphatic heterocycles. The molecule has 0 saturated carbocycles. The number of esters is 4. The predicted molar refractivity (Wildman–Crippen MR) is 110 cm³/mol. The van der Waals surface area contributed by atoms with Crippen molar-refractivity contribution in [3.05, 3.63) is 0 Å². The van der Waals surface area contributed by atoms with E-state index < -0.39 is 54.6 Å². The number of hydrogen-bond donors (Lipinski definition) is 0. The molecule has 0 amide bonds. The van der Waals surface area contributed by atoms with Gasteiger partial charge in [-0.2, -0.15) is 0 Å². The first-order chi connectivity index (χ1) is 15.6. The minimum Gasteiger partial charge on any atom is -0.463 e. The highest BCUT2D eigenvalue weighted by molar-refractivity contribution is 6.17. The van der Waals surface area contributed by atoms with E-state index in [1.54, 1.807) is 0 Å². The summed E-state index contributed by atoms with van der Waals surface area (Å²) in [6, 6.07) is 0. The summed E-state index contributed by atoms with van der Waals surface area (Å²) < 4.78 is 42.9. The average Bonchev–Trinajstić information content (AvgIpc) is 2.71. The van der Waals surface area contributed by atoms with E-state index in [1.165, 1.54) is 6.92 Å². The van der Waals surface area contributed by atoms with Gasteiger partial charge in [-0.3, -0.25) is 19.2 Å². The Morgan fingerprint density at radius 3 is 1.76 bits per heavy atom. The molecule has 0 bridgehead atoms. The summed E-state index contributed by atoms with van der Waals surface area (Å²) in [5.74, 6) is -2.36. The van der Waals surface area contributed by atoms with Crippen molar-refractivity contribution < 1.29 is 57.1 Å². The number of halogens is 1. The van der Waals surface area contributed by atoms with Gasteiger partial charge in [0.1, 0.15) is 12.7 Å². The highest BCUT2D eigenvalue weighted by Crippen LogP contribution is 2.29. The number of carbonyl (C=O) groups is 4. The predicted octanol–water partition coefficient (Wildman–Crippen LogP) is 0.358. The van der Waals surface area contributed by atoms with Crippen molar-refractivity contribution >= 4 is 35.5 Å². The van der Waals surface area contributed by atoms with E-state index >= 15 is 0 Å². The molecule has 0 N–H and O–H groups in total. The summed E-state index contributed by atoms with van der Waals surface area (Å²) in [4.78, 5) is 46.4. The molecule has 0 aromatic carbocycles. The third-order valence-electron chi connectivity index (χ3n) is 4.05. The number of hydrogen-bond acceptors (Lipinski definition) is 12. The van der Waals surface area contributed by atoms with Crippen LogP contribution in [0.4, 0.5) is 0 Å². The summed E-state index contributed by atoms with van der Waals surface area (Å²) in [7, 11) is 0. The van der Waals surface area contributed by atoms with Gasteiger partial charge in [0.05, 0.1) is 33.0 Å². The van der Waals surface area contributed by atoms with Crippen LogP contribution in [0.3, 0.4) is 0 Å². The summed E-state index contributed by atoms with van der Waals surface area (Å²) in [6.07, 6.45) is -6.08. The van der Waals surface area contributed by atoms with Gasteiger partial charge in [-0.1, -0.05) is 0 Å². The molecule has 0 aliphatic carbocycles. The highest BCUT2D eigenvalue weighted by Gasteiger charge is 2.52. The quantitative estimate of drug-likeness (QED) is 0.141. The van der Waals surface area contributed by atoms with Crippen LogP contribution < -0.4 is 0 Å². The molecule has 1 heterocycles. The van der Waals surface area contributed by atoms with Gasteiger partial charge in [0.15, 0.2) is 24.6 Å². The van der Waals surface area contributed by atoms with Gasteiger partial charge in [0, 0.05) is 33.6 Å². The first-order valence-corrected chi connectivity index (χ1v) is 10.8. The van der Waals surface area contributed by atoms with Crippen LogP contribution in [-0.2, 0) is 57.1 Å². The molecule has 12 nitrogen and oxygen atoms in total. The lowest BCUT2D eigenvalue weighted by Crippen LogP contribution is -2.63. The summed E-state index contributed by atoms with van der Waals surface area (Å²) in [5, 5.41) is 0. The van der Waals surface area contributed by atoms with Crippen LogP contribution in [0.2, 0.25) is 0 Å². The molecule has 0 radical (unpaired) electrons. The molecular weight excluding hydrogens is 468 g/mol. The Labute approximate surface area is 197 Å². The van der Waals surface area contributed by atoms with E-state index in [0.29, 0.717) is 25.7 Å². The fourth-order valence-electron chi connectivity index (χ4n) is 2.92. The lowest BCUT2D eigenvalue weighted by atomic mass is 9.98. The van der Waals surface area contributed by atoms with Crippen molar-refractivity contribution in [2.75, 3.05) is 45.5 Å². The van der Waals surface area contributed by atoms with Crippen LogP contribution >= 0.6 is 11.6 Å². The SMILES string of the molecule is CC(=O)OC[C@H]1O[C@@H](OCCOCCOCCCl)[C@H](OC(C)=O)[C@@H](OC(C)=O)[C@@H]1OC(C)=O. The normalized spacial score (nSPS) is 24.6. The van der Waals surface area contributed by atoms with Crippen LogP contribution in [-0.4, -0.2) is 100 Å². The van der Waals surface area contributed by atoms with Crippen molar-refractivity contribution in [1.82, 2.24) is 0 Å². The molecular formula is C20H31ClO12. The van der Waals surface area contributed by atoms with Gasteiger partial charge in [0.25, 0.3) is 0 Å². The zero-order valence-electron chi connectivity index (χ0n) is 19.1. The van der Waals surface area contributed by atoms with Crippen molar-refractivity contribution in [2.24, 2.45) is 0 Å². The van der Waals surface area contributed by atoms with Crippen molar-refractivity contribution in [3.63, 3.8) is 0 Å². The second-order valence-corrected chi connectivity index (χ2v) is 7.23. The Bertz CT molecular complexity index is 643. The maximum absolute atomic E-state index is 11.8. The molecule has 190 valence electrons. The fourth-order valence-corrected chi connectivity index (χ4v) is 3.03. The Morgan fingerprint density at radius 1 is 0.697 bits per heavy atom. The maximum atomic E-state index is 11.8. The highest BCUT2D eigenvalue weighted by atomic mass is 35.5. The number of alkyl halides is 1. The third kappa shape index (κ3) is 11.6. The van der Waals surface area contributed by atoms with E-state index in [2.05, 4.69) is 0 Å². The molecule has 1 saturated heterocycles. The van der Waals surface area contributed by atoms with E-state index in [-0.39, 0.29) is 19.8 Å². The van der Waals surface area contributed by atoms with E-state index in [9.17, 15) is 19.2 Å². The molecule has 0 spiro atoms. The van der Waals surface area contributed by atoms with Crippen LogP contribution in [0.1, 0.15) is 27.7 Å². The van der Waals surface area contributed by atoms with Crippen molar-refractivity contribution in [1.29, 1.82) is 0 Å². The van der Waals surface area contributed by atoms with Gasteiger partial charge >= 0.3 is 23.9 Å². The van der Waals surface area contributed by atoms with Crippen LogP contribution in [0.5, 0.6) is 0 Å². The number of ether oxygens (including phenoxy) is 8. The van der Waals surface area contributed by atoms with Crippen molar-refractivity contribution in [2.45, 2.75) is 58.4 Å². The van der Waals surface area contributed by atoms with Gasteiger partial charge in [0.2, 0.25) is 0 Å². The summed E-state index contributed by atoms with van der Waals surface area (Å²) in [5.41, 5.74) is 0. The Hall–Kier alpha value is -1.99. The minimum absolute atomic E-state index is 0.0171. The molecule has 33 heavy (non-hydrogen) atoms. The maximum Gasteiger partial charge on any atom is 0.303 e. The summed E-state index contributed by atoms with van der Waals surface area (Å²) >= 11 is 5.51. The minimum atomic E-state index is -1.28. The van der Waals surface area contributed by atoms with E-state index in [0.717, 1.165) is 20.8 Å². The van der Waals surface area contributed by atoms with Gasteiger partial charge in [-0.05, 0) is 0 Å². The van der Waals surface area contributed by atoms with Crippen LogP contribution in [0.25, 0.3) is 0 Å².